The molecule has 1 aromatic carbocycles. The smallest absolute Gasteiger partial charge is 0.231 e. The van der Waals surface area contributed by atoms with Gasteiger partial charge < -0.3 is 15.4 Å². The molecule has 1 amide bonds. The molecule has 1 fully saturated rings. The molecule has 2 aliphatic rings. The van der Waals surface area contributed by atoms with Gasteiger partial charge in [-0.05, 0) is 31.4 Å². The Morgan fingerprint density at radius 1 is 1.22 bits per heavy atom. The van der Waals surface area contributed by atoms with Gasteiger partial charge in [0.25, 0.3) is 0 Å². The van der Waals surface area contributed by atoms with Crippen molar-refractivity contribution in [2.75, 3.05) is 32.8 Å². The zero-order valence-electron chi connectivity index (χ0n) is 13.3. The molecule has 0 atom stereocenters. The van der Waals surface area contributed by atoms with Crippen LogP contribution >= 0.6 is 12.4 Å². The Labute approximate surface area is 144 Å². The summed E-state index contributed by atoms with van der Waals surface area (Å²) < 4.78 is 5.49. The molecule has 0 radical (unpaired) electrons. The van der Waals surface area contributed by atoms with Crippen LogP contribution in [0.2, 0.25) is 0 Å². The van der Waals surface area contributed by atoms with Crippen LogP contribution in [0.1, 0.15) is 24.8 Å². The van der Waals surface area contributed by atoms with Crippen LogP contribution in [0.5, 0.6) is 0 Å². The van der Waals surface area contributed by atoms with Gasteiger partial charge in [0.15, 0.2) is 0 Å². The van der Waals surface area contributed by atoms with E-state index >= 15 is 0 Å². The number of rotatable bonds is 4. The van der Waals surface area contributed by atoms with Gasteiger partial charge in [0, 0.05) is 26.3 Å². The quantitative estimate of drug-likeness (QED) is 0.829. The molecule has 5 heteroatoms. The van der Waals surface area contributed by atoms with Crippen LogP contribution in [0, 0.1) is 0 Å². The molecule has 0 aliphatic carbocycles. The maximum atomic E-state index is 13.0. The molecule has 2 heterocycles. The van der Waals surface area contributed by atoms with Crippen LogP contribution < -0.4 is 10.6 Å². The van der Waals surface area contributed by atoms with Crippen molar-refractivity contribution >= 4 is 18.3 Å². The summed E-state index contributed by atoms with van der Waals surface area (Å²) >= 11 is 0. The zero-order valence-corrected chi connectivity index (χ0v) is 14.2. The Balaban J connectivity index is 0.00000192. The van der Waals surface area contributed by atoms with Gasteiger partial charge >= 0.3 is 0 Å². The van der Waals surface area contributed by atoms with Crippen LogP contribution in [-0.2, 0) is 14.9 Å². The molecule has 1 aromatic rings. The molecule has 3 rings (SSSR count). The van der Waals surface area contributed by atoms with Crippen LogP contribution in [0.3, 0.4) is 0 Å². The maximum Gasteiger partial charge on any atom is 0.231 e. The monoisotopic (exact) mass is 336 g/mol. The summed E-state index contributed by atoms with van der Waals surface area (Å²) in [6.45, 7) is 3.86. The first-order chi connectivity index (χ1) is 10.8. The van der Waals surface area contributed by atoms with Gasteiger partial charge in [-0.3, -0.25) is 4.79 Å². The van der Waals surface area contributed by atoms with Gasteiger partial charge in [0.05, 0.1) is 5.41 Å². The van der Waals surface area contributed by atoms with Crippen LogP contribution in [0.25, 0.3) is 0 Å². The van der Waals surface area contributed by atoms with Crippen molar-refractivity contribution in [3.05, 3.63) is 47.5 Å². The van der Waals surface area contributed by atoms with Crippen LogP contribution in [0.4, 0.5) is 0 Å². The van der Waals surface area contributed by atoms with Crippen LogP contribution in [0.15, 0.2) is 42.0 Å². The van der Waals surface area contributed by atoms with Gasteiger partial charge in [-0.25, -0.2) is 0 Å². The first kappa shape index (κ1) is 18.0. The molecule has 4 nitrogen and oxygen atoms in total. The maximum absolute atomic E-state index is 13.0. The minimum Gasteiger partial charge on any atom is -0.381 e. The number of hydrogen-bond acceptors (Lipinski definition) is 3. The standard InChI is InChI=1S/C18H24N2O2.ClH/c21-17(20-14-15-6-10-19-11-7-15)18(8-12-22-13-9-18)16-4-2-1-3-5-16;/h1-6,19H,7-14H2,(H,20,21);1H. The van der Waals surface area contributed by atoms with Crippen molar-refractivity contribution in [2.45, 2.75) is 24.7 Å². The SMILES string of the molecule is Cl.O=C(NCC1=CCNCC1)C1(c2ccccc2)CCOCC1. The van der Waals surface area contributed by atoms with E-state index < -0.39 is 5.41 Å². The van der Waals surface area contributed by atoms with E-state index in [0.717, 1.165) is 37.9 Å². The lowest BCUT2D eigenvalue weighted by molar-refractivity contribution is -0.130. The summed E-state index contributed by atoms with van der Waals surface area (Å²) in [4.78, 5) is 13.0. The summed E-state index contributed by atoms with van der Waals surface area (Å²) in [5.74, 6) is 0.140. The second kappa shape index (κ2) is 8.48. The number of ether oxygens (including phenoxy) is 1. The average molecular weight is 337 g/mol. The van der Waals surface area contributed by atoms with Gasteiger partial charge in [-0.1, -0.05) is 42.0 Å². The van der Waals surface area contributed by atoms with Crippen LogP contribution in [-0.4, -0.2) is 38.8 Å². The van der Waals surface area contributed by atoms with Crippen molar-refractivity contribution in [3.8, 4) is 0 Å². The highest BCUT2D eigenvalue weighted by atomic mass is 35.5. The molecule has 0 bridgehead atoms. The Hall–Kier alpha value is -1.36. The van der Waals surface area contributed by atoms with E-state index in [-0.39, 0.29) is 18.3 Å². The number of carbonyl (C=O) groups excluding carboxylic acids is 1. The van der Waals surface area contributed by atoms with Crippen molar-refractivity contribution in [1.82, 2.24) is 10.6 Å². The second-order valence-corrected chi connectivity index (χ2v) is 6.06. The molecule has 126 valence electrons. The molecule has 0 saturated carbocycles. The van der Waals surface area contributed by atoms with E-state index in [1.165, 1.54) is 5.57 Å². The third-order valence-electron chi connectivity index (χ3n) is 4.74. The number of halogens is 1. The Morgan fingerprint density at radius 3 is 2.61 bits per heavy atom. The first-order valence-corrected chi connectivity index (χ1v) is 8.11. The molecule has 2 aliphatic heterocycles. The topological polar surface area (TPSA) is 50.4 Å². The van der Waals surface area contributed by atoms with Crippen molar-refractivity contribution in [3.63, 3.8) is 0 Å². The minimum absolute atomic E-state index is 0. The van der Waals surface area contributed by atoms with Crippen molar-refractivity contribution in [1.29, 1.82) is 0 Å². The third-order valence-corrected chi connectivity index (χ3v) is 4.74. The van der Waals surface area contributed by atoms with Crippen molar-refractivity contribution in [2.24, 2.45) is 0 Å². The fourth-order valence-electron chi connectivity index (χ4n) is 3.32. The van der Waals surface area contributed by atoms with E-state index in [9.17, 15) is 4.79 Å². The lowest BCUT2D eigenvalue weighted by Crippen LogP contribution is -2.48. The Morgan fingerprint density at radius 2 is 1.96 bits per heavy atom. The Kier molecular flexibility index (Phi) is 6.63. The number of hydrogen-bond donors (Lipinski definition) is 2. The molecule has 0 spiro atoms. The number of amides is 1. The van der Waals surface area contributed by atoms with Gasteiger partial charge in [-0.15, -0.1) is 12.4 Å². The van der Waals surface area contributed by atoms with Gasteiger partial charge in [0.2, 0.25) is 5.91 Å². The molecule has 1 saturated heterocycles. The molecule has 2 N–H and O–H groups in total. The largest absolute Gasteiger partial charge is 0.381 e. The lowest BCUT2D eigenvalue weighted by Gasteiger charge is -2.36. The molecule has 23 heavy (non-hydrogen) atoms. The fourth-order valence-corrected chi connectivity index (χ4v) is 3.32. The second-order valence-electron chi connectivity index (χ2n) is 6.06. The van der Waals surface area contributed by atoms with E-state index in [1.807, 2.05) is 18.2 Å². The number of benzene rings is 1. The predicted molar refractivity (Wildman–Crippen MR) is 94.0 cm³/mol. The third kappa shape index (κ3) is 4.14. The summed E-state index contributed by atoms with van der Waals surface area (Å²) in [6.07, 6.45) is 4.71. The predicted octanol–water partition coefficient (Wildman–Crippen LogP) is 2.19. The molecular weight excluding hydrogens is 312 g/mol. The molecule has 0 aromatic heterocycles. The summed E-state index contributed by atoms with van der Waals surface area (Å²) in [7, 11) is 0. The number of nitrogens with one attached hydrogen (secondary N) is 2. The fraction of sp³-hybridized carbons (Fsp3) is 0.500. The highest BCUT2D eigenvalue weighted by Crippen LogP contribution is 2.35. The number of carbonyl (C=O) groups is 1. The highest BCUT2D eigenvalue weighted by molar-refractivity contribution is 5.88. The van der Waals surface area contributed by atoms with Gasteiger partial charge in [-0.2, -0.15) is 0 Å². The van der Waals surface area contributed by atoms with E-state index in [4.69, 9.17) is 4.74 Å². The van der Waals surface area contributed by atoms with Crippen molar-refractivity contribution < 1.29 is 9.53 Å². The average Bonchev–Trinajstić information content (AvgIpc) is 2.62. The zero-order chi connectivity index (χ0) is 15.3. The van der Waals surface area contributed by atoms with E-state index in [0.29, 0.717) is 19.8 Å². The lowest BCUT2D eigenvalue weighted by atomic mass is 9.73. The van der Waals surface area contributed by atoms with Gasteiger partial charge in [0.1, 0.15) is 0 Å². The highest BCUT2D eigenvalue weighted by Gasteiger charge is 2.41. The first-order valence-electron chi connectivity index (χ1n) is 8.11. The normalized spacial score (nSPS) is 20.1. The Bertz CT molecular complexity index is 539. The van der Waals surface area contributed by atoms with E-state index in [2.05, 4.69) is 28.8 Å². The minimum atomic E-state index is -0.438. The summed E-state index contributed by atoms with van der Waals surface area (Å²) in [5.41, 5.74) is 1.99. The molecule has 0 unspecified atom stereocenters. The van der Waals surface area contributed by atoms with E-state index in [1.54, 1.807) is 0 Å². The summed E-state index contributed by atoms with van der Waals surface area (Å²) in [6, 6.07) is 10.1. The molecular formula is C18H25ClN2O2. The summed E-state index contributed by atoms with van der Waals surface area (Å²) in [5, 5.41) is 6.46.